The lowest BCUT2D eigenvalue weighted by Crippen LogP contribution is -2.54. The number of hydrogen-bond acceptors (Lipinski definition) is 9. The maximum Gasteiger partial charge on any atom is 0.356 e. The number of nitrogens with zero attached hydrogens (tertiary/aromatic N) is 6. The van der Waals surface area contributed by atoms with E-state index in [1.165, 1.54) is 71.2 Å². The van der Waals surface area contributed by atoms with Gasteiger partial charge in [0.15, 0.2) is 0 Å². The fraction of sp³-hybridized carbons (Fsp3) is 0.593. The summed E-state index contributed by atoms with van der Waals surface area (Å²) in [4.78, 5) is 30.4. The molecule has 0 aromatic carbocycles. The molecule has 36 heavy (non-hydrogen) atoms. The molecule has 9 nitrogen and oxygen atoms in total. The van der Waals surface area contributed by atoms with Crippen LogP contribution in [-0.2, 0) is 4.74 Å². The van der Waals surface area contributed by atoms with Crippen molar-refractivity contribution < 1.29 is 9.53 Å². The molecular formula is C27H39N7O2. The van der Waals surface area contributed by atoms with Gasteiger partial charge in [0.05, 0.1) is 30.9 Å². The maximum atomic E-state index is 11.6. The highest BCUT2D eigenvalue weighted by Crippen LogP contribution is 2.26. The Kier molecular flexibility index (Phi) is 7.87. The number of anilines is 3. The van der Waals surface area contributed by atoms with Crippen molar-refractivity contribution in [2.45, 2.75) is 31.7 Å². The van der Waals surface area contributed by atoms with Gasteiger partial charge in [0.1, 0.15) is 11.5 Å². The number of nitrogens with two attached hydrogens (primary N) is 1. The van der Waals surface area contributed by atoms with E-state index in [2.05, 4.69) is 35.6 Å². The second-order valence-corrected chi connectivity index (χ2v) is 10.3. The summed E-state index contributed by atoms with van der Waals surface area (Å²) in [6.45, 7) is 10.2. The number of aromatic nitrogens is 2. The first-order valence-electron chi connectivity index (χ1n) is 13.3. The molecule has 194 valence electrons. The Morgan fingerprint density at radius 3 is 2.03 bits per heavy atom. The Labute approximate surface area is 214 Å². The first kappa shape index (κ1) is 24.8. The van der Waals surface area contributed by atoms with E-state index in [1.807, 2.05) is 18.3 Å². The van der Waals surface area contributed by atoms with E-state index < -0.39 is 0 Å². The van der Waals surface area contributed by atoms with Gasteiger partial charge in [-0.15, -0.1) is 0 Å². The van der Waals surface area contributed by atoms with Gasteiger partial charge in [0, 0.05) is 64.9 Å². The molecule has 0 bridgehead atoms. The first-order valence-corrected chi connectivity index (χ1v) is 13.3. The van der Waals surface area contributed by atoms with Crippen LogP contribution in [0.2, 0.25) is 0 Å². The Morgan fingerprint density at radius 2 is 1.47 bits per heavy atom. The number of methoxy groups -OCH3 is 1. The van der Waals surface area contributed by atoms with Gasteiger partial charge >= 0.3 is 5.97 Å². The van der Waals surface area contributed by atoms with Crippen LogP contribution < -0.4 is 15.5 Å². The van der Waals surface area contributed by atoms with Gasteiger partial charge in [-0.05, 0) is 55.9 Å². The molecule has 2 N–H and O–H groups in total. The largest absolute Gasteiger partial charge is 0.464 e. The summed E-state index contributed by atoms with van der Waals surface area (Å²) in [6, 6.07) is 8.39. The number of rotatable bonds is 6. The zero-order chi connectivity index (χ0) is 24.9. The number of nitrogen functional groups attached to an aromatic ring is 1. The molecular weight excluding hydrogens is 454 g/mol. The van der Waals surface area contributed by atoms with Gasteiger partial charge in [0.2, 0.25) is 0 Å². The quantitative estimate of drug-likeness (QED) is 0.609. The molecule has 5 rings (SSSR count). The minimum atomic E-state index is -0.388. The number of carbonyl (C=O) groups is 1. The molecule has 3 aliphatic rings. The van der Waals surface area contributed by atoms with Crippen molar-refractivity contribution in [1.29, 1.82) is 0 Å². The van der Waals surface area contributed by atoms with E-state index in [4.69, 9.17) is 10.5 Å². The molecule has 3 aliphatic heterocycles. The second-order valence-electron chi connectivity index (χ2n) is 10.3. The average molecular weight is 494 g/mol. The van der Waals surface area contributed by atoms with Crippen LogP contribution in [0.4, 0.5) is 17.2 Å². The lowest BCUT2D eigenvalue weighted by atomic mass is 9.95. The molecule has 0 aliphatic carbocycles. The van der Waals surface area contributed by atoms with Crippen molar-refractivity contribution in [2.75, 3.05) is 81.5 Å². The summed E-state index contributed by atoms with van der Waals surface area (Å²) in [5, 5.41) is 0. The highest BCUT2D eigenvalue weighted by Gasteiger charge is 2.29. The number of ether oxygens (including phenoxy) is 1. The predicted molar refractivity (Wildman–Crippen MR) is 142 cm³/mol. The minimum absolute atomic E-state index is 0.360. The molecule has 0 radical (unpaired) electrons. The number of hydrogen-bond donors (Lipinski definition) is 1. The molecule has 0 amide bonds. The van der Waals surface area contributed by atoms with Gasteiger partial charge in [-0.1, -0.05) is 0 Å². The van der Waals surface area contributed by atoms with Crippen LogP contribution in [0.25, 0.3) is 0 Å². The number of piperazine rings is 1. The smallest absolute Gasteiger partial charge is 0.356 e. The molecule has 0 unspecified atom stereocenters. The topological polar surface area (TPSA) is 91.1 Å². The van der Waals surface area contributed by atoms with Crippen molar-refractivity contribution in [2.24, 2.45) is 5.92 Å². The first-order chi connectivity index (χ1) is 17.6. The van der Waals surface area contributed by atoms with Crippen molar-refractivity contribution in [3.05, 3.63) is 42.4 Å². The summed E-state index contributed by atoms with van der Waals surface area (Å²) in [6.07, 6.45) is 8.55. The highest BCUT2D eigenvalue weighted by atomic mass is 16.5. The van der Waals surface area contributed by atoms with Crippen molar-refractivity contribution in [3.8, 4) is 0 Å². The molecule has 5 heterocycles. The van der Waals surface area contributed by atoms with Gasteiger partial charge in [-0.3, -0.25) is 4.90 Å². The van der Waals surface area contributed by atoms with Crippen LogP contribution in [0, 0.1) is 5.92 Å². The van der Waals surface area contributed by atoms with E-state index >= 15 is 0 Å². The highest BCUT2D eigenvalue weighted by molar-refractivity contribution is 5.87. The number of pyridine rings is 2. The monoisotopic (exact) mass is 493 g/mol. The number of piperidine rings is 2. The van der Waals surface area contributed by atoms with E-state index in [1.54, 1.807) is 12.3 Å². The van der Waals surface area contributed by atoms with Gasteiger partial charge < -0.3 is 25.2 Å². The molecule has 0 spiro atoms. The summed E-state index contributed by atoms with van der Waals surface area (Å²) in [5.74, 6) is 0.986. The van der Waals surface area contributed by atoms with E-state index in [-0.39, 0.29) is 5.97 Å². The average Bonchev–Trinajstić information content (AvgIpc) is 2.94. The zero-order valence-electron chi connectivity index (χ0n) is 21.4. The molecule has 0 saturated carbocycles. The van der Waals surface area contributed by atoms with Crippen LogP contribution in [0.5, 0.6) is 0 Å². The second kappa shape index (κ2) is 11.4. The van der Waals surface area contributed by atoms with Crippen LogP contribution in [0.3, 0.4) is 0 Å². The molecule has 2 aromatic heterocycles. The van der Waals surface area contributed by atoms with Crippen LogP contribution >= 0.6 is 0 Å². The third-order valence-electron chi connectivity index (χ3n) is 8.16. The molecule has 3 fully saturated rings. The van der Waals surface area contributed by atoms with Crippen molar-refractivity contribution >= 4 is 23.2 Å². The molecule has 9 heteroatoms. The van der Waals surface area contributed by atoms with Crippen LogP contribution in [0.15, 0.2) is 36.7 Å². The summed E-state index contributed by atoms with van der Waals surface area (Å²) in [7, 11) is 1.38. The third-order valence-corrected chi connectivity index (χ3v) is 8.16. The van der Waals surface area contributed by atoms with Crippen LogP contribution in [-0.4, -0.2) is 97.8 Å². The lowest BCUT2D eigenvalue weighted by molar-refractivity contribution is 0.0594. The fourth-order valence-electron chi connectivity index (χ4n) is 5.92. The van der Waals surface area contributed by atoms with E-state index in [0.717, 1.165) is 37.8 Å². The van der Waals surface area contributed by atoms with Gasteiger partial charge in [0.25, 0.3) is 0 Å². The Hall–Kier alpha value is -2.91. The number of esters is 1. The van der Waals surface area contributed by atoms with E-state index in [0.29, 0.717) is 17.6 Å². The lowest BCUT2D eigenvalue weighted by Gasteiger charge is -2.44. The minimum Gasteiger partial charge on any atom is -0.464 e. The molecule has 0 atom stereocenters. The zero-order valence-corrected chi connectivity index (χ0v) is 21.4. The Bertz CT molecular complexity index is 976. The third kappa shape index (κ3) is 5.90. The van der Waals surface area contributed by atoms with Gasteiger partial charge in [-0.25, -0.2) is 14.8 Å². The summed E-state index contributed by atoms with van der Waals surface area (Å²) in [5.41, 5.74) is 8.37. The van der Waals surface area contributed by atoms with Crippen LogP contribution in [0.1, 0.15) is 36.2 Å². The maximum absolute atomic E-state index is 11.6. The summed E-state index contributed by atoms with van der Waals surface area (Å²) < 4.78 is 4.75. The fourth-order valence-corrected chi connectivity index (χ4v) is 5.92. The van der Waals surface area contributed by atoms with Gasteiger partial charge in [-0.2, -0.15) is 0 Å². The predicted octanol–water partition coefficient (Wildman–Crippen LogP) is 2.35. The van der Waals surface area contributed by atoms with Crippen molar-refractivity contribution in [1.82, 2.24) is 19.8 Å². The normalized spacial score (nSPS) is 21.0. The SMILES string of the molecule is COC(=O)c1ccc(N2CCC(N3CCN(CC4CCN(c5ccc(N)nc5)CC4)CC3)CC2)cn1. The molecule has 3 saturated heterocycles. The summed E-state index contributed by atoms with van der Waals surface area (Å²) >= 11 is 0. The standard InChI is InChI=1S/C27H39N7O2/c1-36-27(35)25-4-2-23(18-29-25)33-12-8-22(9-13-33)34-16-14-31(15-17-34)20-21-6-10-32(11-7-21)24-3-5-26(28)30-19-24/h2-5,18-19,21-22H,6-17,20H2,1H3,(H2,28,30). The molecule has 2 aromatic rings. The van der Waals surface area contributed by atoms with E-state index in [9.17, 15) is 4.79 Å². The number of carbonyl (C=O) groups excluding carboxylic acids is 1. The van der Waals surface area contributed by atoms with Crippen molar-refractivity contribution in [3.63, 3.8) is 0 Å². The Morgan fingerprint density at radius 1 is 0.861 bits per heavy atom. The Balaban J connectivity index is 1.01.